The number of rotatable bonds is 3. The van der Waals surface area contributed by atoms with Crippen molar-refractivity contribution in [2.24, 2.45) is 0 Å². The van der Waals surface area contributed by atoms with Crippen LogP contribution in [0.3, 0.4) is 0 Å². The Labute approximate surface area is 163 Å². The summed E-state index contributed by atoms with van der Waals surface area (Å²) in [6, 6.07) is 22.2. The fraction of sp³-hybridized carbons (Fsp3) is 0.0455. The number of benzene rings is 3. The van der Waals surface area contributed by atoms with Crippen LogP contribution in [-0.2, 0) is 10.0 Å². The molecule has 1 amide bonds. The molecule has 0 saturated carbocycles. The number of nitrogens with one attached hydrogen (secondary N) is 2. The van der Waals surface area contributed by atoms with Gasteiger partial charge in [-0.15, -0.1) is 0 Å². The second-order valence-corrected chi connectivity index (χ2v) is 8.35. The molecule has 140 valence electrons. The number of carbonyl (C=O) groups excluding carboxylic acids is 1. The third kappa shape index (κ3) is 3.68. The van der Waals surface area contributed by atoms with Crippen LogP contribution in [0.25, 0.3) is 11.6 Å². The quantitative estimate of drug-likeness (QED) is 0.703. The monoisotopic (exact) mass is 390 g/mol. The first-order chi connectivity index (χ1) is 13.4. The Morgan fingerprint density at radius 3 is 2.29 bits per heavy atom. The van der Waals surface area contributed by atoms with Crippen molar-refractivity contribution >= 4 is 39.0 Å². The molecule has 1 aliphatic rings. The maximum atomic E-state index is 12.7. The van der Waals surface area contributed by atoms with Gasteiger partial charge in [0.25, 0.3) is 5.91 Å². The highest BCUT2D eigenvalue weighted by atomic mass is 32.2. The Hall–Kier alpha value is -3.38. The van der Waals surface area contributed by atoms with Gasteiger partial charge in [0.05, 0.1) is 6.26 Å². The molecule has 0 radical (unpaired) electrons. The number of fused-ring (bicyclic) bond motifs is 2. The summed E-state index contributed by atoms with van der Waals surface area (Å²) in [4.78, 5) is 12.7. The van der Waals surface area contributed by atoms with Gasteiger partial charge in [-0.05, 0) is 47.0 Å². The number of carbonyl (C=O) groups is 1. The van der Waals surface area contributed by atoms with E-state index >= 15 is 0 Å². The van der Waals surface area contributed by atoms with Gasteiger partial charge in [-0.25, -0.2) is 8.42 Å². The minimum atomic E-state index is -3.36. The predicted octanol–water partition coefficient (Wildman–Crippen LogP) is 4.21. The Morgan fingerprint density at radius 2 is 1.54 bits per heavy atom. The van der Waals surface area contributed by atoms with Crippen LogP contribution in [-0.4, -0.2) is 20.6 Å². The molecule has 3 aromatic rings. The molecule has 0 atom stereocenters. The fourth-order valence-electron chi connectivity index (χ4n) is 3.31. The maximum Gasteiger partial charge on any atom is 0.256 e. The van der Waals surface area contributed by atoms with Gasteiger partial charge in [0, 0.05) is 22.5 Å². The molecule has 1 heterocycles. The van der Waals surface area contributed by atoms with Gasteiger partial charge in [0.2, 0.25) is 10.0 Å². The van der Waals surface area contributed by atoms with Crippen LogP contribution in [0.1, 0.15) is 27.0 Å². The van der Waals surface area contributed by atoms with Gasteiger partial charge in [-0.3, -0.25) is 9.52 Å². The first-order valence-corrected chi connectivity index (χ1v) is 10.6. The van der Waals surface area contributed by atoms with E-state index in [2.05, 4.69) is 10.0 Å². The van der Waals surface area contributed by atoms with Crippen LogP contribution in [0.2, 0.25) is 0 Å². The van der Waals surface area contributed by atoms with Crippen molar-refractivity contribution in [3.8, 4) is 0 Å². The number of para-hydroxylation sites is 1. The highest BCUT2D eigenvalue weighted by molar-refractivity contribution is 7.92. The molecule has 4 rings (SSSR count). The number of anilines is 2. The van der Waals surface area contributed by atoms with E-state index in [1.807, 2.05) is 54.6 Å². The van der Waals surface area contributed by atoms with Crippen LogP contribution in [0, 0.1) is 0 Å². The van der Waals surface area contributed by atoms with E-state index in [0.717, 1.165) is 34.2 Å². The first-order valence-electron chi connectivity index (χ1n) is 8.70. The lowest BCUT2D eigenvalue weighted by molar-refractivity contribution is 0.102. The van der Waals surface area contributed by atoms with Crippen molar-refractivity contribution < 1.29 is 13.2 Å². The number of hydrogen-bond donors (Lipinski definition) is 2. The number of sulfonamides is 1. The van der Waals surface area contributed by atoms with Crippen LogP contribution in [0.4, 0.5) is 11.4 Å². The zero-order valence-electron chi connectivity index (χ0n) is 15.1. The van der Waals surface area contributed by atoms with Crippen molar-refractivity contribution in [2.45, 2.75) is 0 Å². The Kier molecular flexibility index (Phi) is 4.49. The average molecular weight is 390 g/mol. The van der Waals surface area contributed by atoms with Crippen LogP contribution >= 0.6 is 0 Å². The molecule has 0 fully saturated rings. The second-order valence-electron chi connectivity index (χ2n) is 6.60. The molecule has 5 nitrogen and oxygen atoms in total. The number of amides is 1. The van der Waals surface area contributed by atoms with E-state index < -0.39 is 10.0 Å². The van der Waals surface area contributed by atoms with Crippen LogP contribution < -0.4 is 10.0 Å². The number of hydrogen-bond acceptors (Lipinski definition) is 3. The van der Waals surface area contributed by atoms with Gasteiger partial charge in [-0.2, -0.15) is 0 Å². The SMILES string of the molecule is CS(=O)(=O)Nc1cccc(/C=C2\c3ccccc3NC(=O)c3ccccc32)c1. The van der Waals surface area contributed by atoms with Crippen LogP contribution in [0.15, 0.2) is 72.8 Å². The molecule has 0 aromatic heterocycles. The van der Waals surface area contributed by atoms with Gasteiger partial charge in [-0.1, -0.05) is 48.5 Å². The van der Waals surface area contributed by atoms with Crippen molar-refractivity contribution in [3.05, 3.63) is 95.1 Å². The molecule has 28 heavy (non-hydrogen) atoms. The highest BCUT2D eigenvalue weighted by Crippen LogP contribution is 2.36. The van der Waals surface area contributed by atoms with E-state index in [1.165, 1.54) is 0 Å². The van der Waals surface area contributed by atoms with Crippen LogP contribution in [0.5, 0.6) is 0 Å². The topological polar surface area (TPSA) is 75.3 Å². The Balaban J connectivity index is 1.91. The maximum absolute atomic E-state index is 12.7. The van der Waals surface area contributed by atoms with Gasteiger partial charge in [0.1, 0.15) is 0 Å². The van der Waals surface area contributed by atoms with E-state index in [-0.39, 0.29) is 5.91 Å². The van der Waals surface area contributed by atoms with Crippen molar-refractivity contribution in [3.63, 3.8) is 0 Å². The summed E-state index contributed by atoms with van der Waals surface area (Å²) in [6.45, 7) is 0. The average Bonchev–Trinajstić information content (AvgIpc) is 2.76. The summed E-state index contributed by atoms with van der Waals surface area (Å²) in [5.74, 6) is -0.154. The van der Waals surface area contributed by atoms with E-state index in [9.17, 15) is 13.2 Å². The van der Waals surface area contributed by atoms with Gasteiger partial charge in [0.15, 0.2) is 0 Å². The molecule has 0 spiro atoms. The molecular formula is C22H18N2O3S. The smallest absolute Gasteiger partial charge is 0.256 e. The summed E-state index contributed by atoms with van der Waals surface area (Å²) < 4.78 is 25.6. The van der Waals surface area contributed by atoms with Crippen molar-refractivity contribution in [1.29, 1.82) is 0 Å². The predicted molar refractivity (Wildman–Crippen MR) is 113 cm³/mol. The second kappa shape index (κ2) is 6.98. The third-order valence-electron chi connectivity index (χ3n) is 4.43. The normalized spacial score (nSPS) is 14.6. The standard InChI is InChI=1S/C22H18N2O3S/c1-28(26,27)24-16-8-6-7-15(13-16)14-20-17-9-2-3-11-19(17)22(25)23-21-12-5-4-10-18(20)21/h2-14,24H,1H3,(H,23,25)/b20-14-. The summed E-state index contributed by atoms with van der Waals surface area (Å²) in [7, 11) is -3.36. The van der Waals surface area contributed by atoms with Crippen molar-refractivity contribution in [2.75, 3.05) is 16.3 Å². The van der Waals surface area contributed by atoms with E-state index in [0.29, 0.717) is 11.3 Å². The summed E-state index contributed by atoms with van der Waals surface area (Å²) in [5.41, 5.74) is 5.26. The molecular weight excluding hydrogens is 372 g/mol. The zero-order valence-corrected chi connectivity index (χ0v) is 16.0. The van der Waals surface area contributed by atoms with Gasteiger partial charge >= 0.3 is 0 Å². The minimum absolute atomic E-state index is 0.154. The van der Waals surface area contributed by atoms with Crippen molar-refractivity contribution in [1.82, 2.24) is 0 Å². The third-order valence-corrected chi connectivity index (χ3v) is 5.03. The van der Waals surface area contributed by atoms with E-state index in [4.69, 9.17) is 0 Å². The van der Waals surface area contributed by atoms with E-state index in [1.54, 1.807) is 24.3 Å². The largest absolute Gasteiger partial charge is 0.321 e. The molecule has 6 heteroatoms. The minimum Gasteiger partial charge on any atom is -0.321 e. The molecule has 0 bridgehead atoms. The molecule has 0 unspecified atom stereocenters. The van der Waals surface area contributed by atoms with Gasteiger partial charge < -0.3 is 5.32 Å². The summed E-state index contributed by atoms with van der Waals surface area (Å²) in [6.07, 6.45) is 3.08. The zero-order chi connectivity index (χ0) is 19.7. The Bertz CT molecular complexity index is 1210. The first kappa shape index (κ1) is 18.0. The highest BCUT2D eigenvalue weighted by Gasteiger charge is 2.22. The summed E-state index contributed by atoms with van der Waals surface area (Å²) in [5, 5.41) is 2.97. The Morgan fingerprint density at radius 1 is 0.857 bits per heavy atom. The lowest BCUT2D eigenvalue weighted by atomic mass is 9.92. The molecule has 2 N–H and O–H groups in total. The fourth-order valence-corrected chi connectivity index (χ4v) is 3.86. The molecule has 3 aromatic carbocycles. The molecule has 0 aliphatic carbocycles. The lowest BCUT2D eigenvalue weighted by Crippen LogP contribution is -2.11. The lowest BCUT2D eigenvalue weighted by Gasteiger charge is -2.11. The summed E-state index contributed by atoms with van der Waals surface area (Å²) >= 11 is 0. The molecule has 0 saturated heterocycles. The molecule has 1 aliphatic heterocycles.